The van der Waals surface area contributed by atoms with Crippen molar-refractivity contribution in [2.75, 3.05) is 27.2 Å². The largest absolute Gasteiger partial charge is 0.496 e. The molecule has 0 fully saturated rings. The molecule has 1 aromatic carbocycles. The highest BCUT2D eigenvalue weighted by Gasteiger charge is 2.13. The molecule has 2 N–H and O–H groups in total. The van der Waals surface area contributed by atoms with Gasteiger partial charge in [0.25, 0.3) is 0 Å². The number of benzene rings is 1. The van der Waals surface area contributed by atoms with Crippen LogP contribution in [-0.2, 0) is 6.42 Å². The van der Waals surface area contributed by atoms with Crippen molar-refractivity contribution in [2.24, 2.45) is 0 Å². The van der Waals surface area contributed by atoms with Crippen molar-refractivity contribution in [1.82, 2.24) is 10.6 Å². The van der Waals surface area contributed by atoms with Crippen LogP contribution in [0.5, 0.6) is 5.75 Å². The van der Waals surface area contributed by atoms with Crippen LogP contribution >= 0.6 is 0 Å². The van der Waals surface area contributed by atoms with Crippen LogP contribution in [0.2, 0.25) is 0 Å². The van der Waals surface area contributed by atoms with Crippen molar-refractivity contribution < 1.29 is 4.74 Å². The van der Waals surface area contributed by atoms with E-state index in [1.165, 1.54) is 16.7 Å². The van der Waals surface area contributed by atoms with Gasteiger partial charge in [-0.15, -0.1) is 0 Å². The lowest BCUT2D eigenvalue weighted by molar-refractivity contribution is 0.391. The maximum absolute atomic E-state index is 5.51. The van der Waals surface area contributed by atoms with Crippen LogP contribution in [0, 0.1) is 13.8 Å². The first-order valence-corrected chi connectivity index (χ1v) is 6.93. The van der Waals surface area contributed by atoms with Crippen LogP contribution in [0.1, 0.15) is 30.5 Å². The number of aryl methyl sites for hydroxylation is 2. The lowest BCUT2D eigenvalue weighted by Gasteiger charge is -2.24. The van der Waals surface area contributed by atoms with Gasteiger partial charge in [0.2, 0.25) is 0 Å². The zero-order valence-electron chi connectivity index (χ0n) is 13.2. The monoisotopic (exact) mass is 264 g/mol. The Kier molecular flexibility index (Phi) is 5.83. The molecule has 0 saturated heterocycles. The summed E-state index contributed by atoms with van der Waals surface area (Å²) in [4.78, 5) is 0. The Morgan fingerprint density at radius 2 is 1.89 bits per heavy atom. The van der Waals surface area contributed by atoms with Gasteiger partial charge in [-0.3, -0.25) is 0 Å². The second-order valence-electron chi connectivity index (χ2n) is 5.83. The highest BCUT2D eigenvalue weighted by Crippen LogP contribution is 2.25. The molecule has 0 aliphatic heterocycles. The third-order valence-corrected chi connectivity index (χ3v) is 3.51. The van der Waals surface area contributed by atoms with E-state index in [1.807, 2.05) is 7.05 Å². The summed E-state index contributed by atoms with van der Waals surface area (Å²) in [7, 11) is 3.74. The average Bonchev–Trinajstić information content (AvgIpc) is 2.34. The summed E-state index contributed by atoms with van der Waals surface area (Å²) in [5.74, 6) is 1.03. The van der Waals surface area contributed by atoms with E-state index in [1.54, 1.807) is 7.11 Å². The van der Waals surface area contributed by atoms with Crippen LogP contribution in [0.25, 0.3) is 0 Å². The predicted octanol–water partition coefficient (Wildman–Crippen LogP) is 2.44. The molecule has 108 valence electrons. The summed E-state index contributed by atoms with van der Waals surface area (Å²) in [6, 6.07) is 4.39. The molecule has 0 aromatic heterocycles. The van der Waals surface area contributed by atoms with E-state index in [4.69, 9.17) is 4.74 Å². The highest BCUT2D eigenvalue weighted by atomic mass is 16.5. The lowest BCUT2D eigenvalue weighted by atomic mass is 10.0. The van der Waals surface area contributed by atoms with Crippen LogP contribution < -0.4 is 15.4 Å². The summed E-state index contributed by atoms with van der Waals surface area (Å²) in [6.07, 6.45) is 0.992. The maximum atomic E-state index is 5.51. The molecule has 0 aliphatic rings. The van der Waals surface area contributed by atoms with Crippen molar-refractivity contribution in [2.45, 2.75) is 39.7 Å². The van der Waals surface area contributed by atoms with E-state index < -0.39 is 0 Å². The number of nitrogens with one attached hydrogen (secondary N) is 2. The SMILES string of the molecule is CNC(C)(C)CNCCc1cc(C)cc(C)c1OC. The number of rotatable bonds is 7. The van der Waals surface area contributed by atoms with Gasteiger partial charge in [-0.2, -0.15) is 0 Å². The fourth-order valence-corrected chi connectivity index (χ4v) is 2.23. The molecule has 0 spiro atoms. The quantitative estimate of drug-likeness (QED) is 0.742. The molecule has 19 heavy (non-hydrogen) atoms. The van der Waals surface area contributed by atoms with E-state index in [9.17, 15) is 0 Å². The smallest absolute Gasteiger partial charge is 0.125 e. The molecule has 0 heterocycles. The molecular weight excluding hydrogens is 236 g/mol. The Hall–Kier alpha value is -1.06. The first kappa shape index (κ1) is 16.0. The molecule has 3 heteroatoms. The molecular formula is C16H28N2O. The topological polar surface area (TPSA) is 33.3 Å². The van der Waals surface area contributed by atoms with Crippen molar-refractivity contribution >= 4 is 0 Å². The minimum absolute atomic E-state index is 0.132. The van der Waals surface area contributed by atoms with Gasteiger partial charge in [-0.1, -0.05) is 17.7 Å². The first-order valence-electron chi connectivity index (χ1n) is 6.93. The predicted molar refractivity (Wildman–Crippen MR) is 82.2 cm³/mol. The Labute approximate surface area is 117 Å². The molecule has 0 bridgehead atoms. The van der Waals surface area contributed by atoms with E-state index in [2.05, 4.69) is 50.5 Å². The summed E-state index contributed by atoms with van der Waals surface area (Å²) < 4.78 is 5.51. The summed E-state index contributed by atoms with van der Waals surface area (Å²) in [5, 5.41) is 6.79. The zero-order chi connectivity index (χ0) is 14.5. The van der Waals surface area contributed by atoms with Crippen LogP contribution in [0.15, 0.2) is 12.1 Å². The molecule has 0 saturated carbocycles. The number of hydrogen-bond acceptors (Lipinski definition) is 3. The van der Waals surface area contributed by atoms with Gasteiger partial charge in [0.1, 0.15) is 5.75 Å². The first-order chi connectivity index (χ1) is 8.89. The number of hydrogen-bond donors (Lipinski definition) is 2. The molecule has 3 nitrogen and oxygen atoms in total. The standard InChI is InChI=1S/C16H28N2O/c1-12-9-13(2)15(19-6)14(10-12)7-8-18-11-16(3,4)17-5/h9-10,17-18H,7-8,11H2,1-6H3. The zero-order valence-corrected chi connectivity index (χ0v) is 13.2. The van der Waals surface area contributed by atoms with E-state index >= 15 is 0 Å². The Bertz CT molecular complexity index is 413. The third kappa shape index (κ3) is 4.84. The van der Waals surface area contributed by atoms with Gasteiger partial charge in [0, 0.05) is 12.1 Å². The summed E-state index contributed by atoms with van der Waals surface area (Å²) in [5.41, 5.74) is 3.93. The third-order valence-electron chi connectivity index (χ3n) is 3.51. The molecule has 1 rings (SSSR count). The van der Waals surface area contributed by atoms with E-state index in [0.717, 1.165) is 25.3 Å². The van der Waals surface area contributed by atoms with Gasteiger partial charge in [0.05, 0.1) is 7.11 Å². The summed E-state index contributed by atoms with van der Waals surface area (Å²) >= 11 is 0. The molecule has 0 amide bonds. The number of likely N-dealkylation sites (N-methyl/N-ethyl adjacent to an activating group) is 1. The second-order valence-corrected chi connectivity index (χ2v) is 5.83. The lowest BCUT2D eigenvalue weighted by Crippen LogP contribution is -2.46. The van der Waals surface area contributed by atoms with Crippen molar-refractivity contribution in [3.8, 4) is 5.75 Å². The van der Waals surface area contributed by atoms with Crippen LogP contribution in [0.4, 0.5) is 0 Å². The van der Waals surface area contributed by atoms with Gasteiger partial charge >= 0.3 is 0 Å². The average molecular weight is 264 g/mol. The summed E-state index contributed by atoms with van der Waals surface area (Å²) in [6.45, 7) is 10.5. The molecule has 0 radical (unpaired) electrons. The van der Waals surface area contributed by atoms with Crippen LogP contribution in [0.3, 0.4) is 0 Å². The van der Waals surface area contributed by atoms with E-state index in [-0.39, 0.29) is 5.54 Å². The molecule has 0 aliphatic carbocycles. The number of methoxy groups -OCH3 is 1. The Morgan fingerprint density at radius 1 is 1.21 bits per heavy atom. The number of ether oxygens (including phenoxy) is 1. The molecule has 0 unspecified atom stereocenters. The van der Waals surface area contributed by atoms with Crippen molar-refractivity contribution in [3.63, 3.8) is 0 Å². The van der Waals surface area contributed by atoms with Crippen molar-refractivity contribution in [1.29, 1.82) is 0 Å². The normalized spacial score (nSPS) is 11.7. The molecule has 0 atom stereocenters. The van der Waals surface area contributed by atoms with E-state index in [0.29, 0.717) is 0 Å². The van der Waals surface area contributed by atoms with Crippen molar-refractivity contribution in [3.05, 3.63) is 28.8 Å². The van der Waals surface area contributed by atoms with Gasteiger partial charge in [-0.05, 0) is 58.8 Å². The second kappa shape index (κ2) is 6.92. The van der Waals surface area contributed by atoms with Gasteiger partial charge < -0.3 is 15.4 Å². The van der Waals surface area contributed by atoms with Gasteiger partial charge in [0.15, 0.2) is 0 Å². The maximum Gasteiger partial charge on any atom is 0.125 e. The minimum Gasteiger partial charge on any atom is -0.496 e. The fraction of sp³-hybridized carbons (Fsp3) is 0.625. The fourth-order valence-electron chi connectivity index (χ4n) is 2.23. The minimum atomic E-state index is 0.132. The van der Waals surface area contributed by atoms with Gasteiger partial charge in [-0.25, -0.2) is 0 Å². The Morgan fingerprint density at radius 3 is 2.47 bits per heavy atom. The highest BCUT2D eigenvalue weighted by molar-refractivity contribution is 5.43. The Balaban J connectivity index is 2.58. The molecule has 1 aromatic rings. The van der Waals surface area contributed by atoms with Crippen LogP contribution in [-0.4, -0.2) is 32.8 Å².